The molecule has 0 unspecified atom stereocenters. The Morgan fingerprint density at radius 1 is 1.37 bits per heavy atom. The van der Waals surface area contributed by atoms with E-state index >= 15 is 0 Å². The highest BCUT2D eigenvalue weighted by Crippen LogP contribution is 2.18. The first-order chi connectivity index (χ1) is 9.20. The van der Waals surface area contributed by atoms with Gasteiger partial charge in [-0.3, -0.25) is 9.69 Å². The van der Waals surface area contributed by atoms with Crippen LogP contribution in [0.1, 0.15) is 17.5 Å². The predicted molar refractivity (Wildman–Crippen MR) is 76.7 cm³/mol. The third kappa shape index (κ3) is 3.78. The molecule has 1 aliphatic rings. The molecule has 1 aromatic rings. The van der Waals surface area contributed by atoms with Crippen molar-refractivity contribution < 1.29 is 4.79 Å². The second-order valence-corrected chi connectivity index (χ2v) is 5.19. The highest BCUT2D eigenvalue weighted by atomic mass is 16.2. The van der Waals surface area contributed by atoms with E-state index in [4.69, 9.17) is 5.73 Å². The van der Waals surface area contributed by atoms with E-state index in [1.165, 1.54) is 11.1 Å². The van der Waals surface area contributed by atoms with Crippen molar-refractivity contribution in [1.82, 2.24) is 9.80 Å². The van der Waals surface area contributed by atoms with Crippen LogP contribution in [0.15, 0.2) is 24.3 Å². The van der Waals surface area contributed by atoms with Crippen molar-refractivity contribution in [2.45, 2.75) is 19.4 Å². The fraction of sp³-hybridized carbons (Fsp3) is 0.533. The standard InChI is InChI=1S/C15H23N3O/c1-17(9-4-8-16)15(19)12-18-10-7-13-5-2-3-6-14(13)11-18/h2-3,5-6H,4,7-12,16H2,1H3. The Kier molecular flexibility index (Phi) is 4.93. The molecule has 1 amide bonds. The smallest absolute Gasteiger partial charge is 0.236 e. The van der Waals surface area contributed by atoms with Gasteiger partial charge in [0.1, 0.15) is 0 Å². The van der Waals surface area contributed by atoms with Gasteiger partial charge in [0.15, 0.2) is 0 Å². The summed E-state index contributed by atoms with van der Waals surface area (Å²) in [7, 11) is 1.86. The average Bonchev–Trinajstić information content (AvgIpc) is 2.44. The summed E-state index contributed by atoms with van der Waals surface area (Å²) >= 11 is 0. The van der Waals surface area contributed by atoms with Gasteiger partial charge in [0, 0.05) is 26.7 Å². The van der Waals surface area contributed by atoms with Crippen LogP contribution < -0.4 is 5.73 Å². The third-order valence-electron chi connectivity index (χ3n) is 3.69. The number of carbonyl (C=O) groups excluding carboxylic acids is 1. The van der Waals surface area contributed by atoms with E-state index in [-0.39, 0.29) is 5.91 Å². The van der Waals surface area contributed by atoms with Gasteiger partial charge in [0.05, 0.1) is 6.54 Å². The molecular weight excluding hydrogens is 238 g/mol. The van der Waals surface area contributed by atoms with Crippen LogP contribution in [0.25, 0.3) is 0 Å². The Bertz CT molecular complexity index is 433. The van der Waals surface area contributed by atoms with E-state index in [1.807, 2.05) is 7.05 Å². The maximum Gasteiger partial charge on any atom is 0.236 e. The van der Waals surface area contributed by atoms with Gasteiger partial charge in [0.25, 0.3) is 0 Å². The molecule has 0 spiro atoms. The molecule has 0 saturated heterocycles. The number of carbonyl (C=O) groups is 1. The van der Waals surface area contributed by atoms with Crippen LogP contribution in [0.5, 0.6) is 0 Å². The van der Waals surface area contributed by atoms with Crippen LogP contribution in [0.3, 0.4) is 0 Å². The van der Waals surface area contributed by atoms with Crippen LogP contribution in [0.2, 0.25) is 0 Å². The first kappa shape index (κ1) is 14.0. The van der Waals surface area contributed by atoms with Gasteiger partial charge in [-0.15, -0.1) is 0 Å². The third-order valence-corrected chi connectivity index (χ3v) is 3.69. The second-order valence-electron chi connectivity index (χ2n) is 5.19. The van der Waals surface area contributed by atoms with Crippen molar-refractivity contribution in [1.29, 1.82) is 0 Å². The summed E-state index contributed by atoms with van der Waals surface area (Å²) in [6, 6.07) is 8.49. The first-order valence-corrected chi connectivity index (χ1v) is 6.94. The van der Waals surface area contributed by atoms with E-state index in [0.29, 0.717) is 13.1 Å². The molecule has 4 heteroatoms. The lowest BCUT2D eigenvalue weighted by Crippen LogP contribution is -2.41. The van der Waals surface area contributed by atoms with Gasteiger partial charge in [-0.25, -0.2) is 0 Å². The summed E-state index contributed by atoms with van der Waals surface area (Å²) in [5.41, 5.74) is 8.24. The predicted octanol–water partition coefficient (Wildman–Crippen LogP) is 0.852. The monoisotopic (exact) mass is 261 g/mol. The zero-order valence-corrected chi connectivity index (χ0v) is 11.6. The zero-order chi connectivity index (χ0) is 13.7. The van der Waals surface area contributed by atoms with E-state index in [1.54, 1.807) is 4.90 Å². The topological polar surface area (TPSA) is 49.6 Å². The van der Waals surface area contributed by atoms with Crippen molar-refractivity contribution in [3.8, 4) is 0 Å². The summed E-state index contributed by atoms with van der Waals surface area (Å²) in [4.78, 5) is 16.1. The van der Waals surface area contributed by atoms with Crippen molar-refractivity contribution in [3.63, 3.8) is 0 Å². The summed E-state index contributed by atoms with van der Waals surface area (Å²) < 4.78 is 0. The molecule has 1 heterocycles. The number of hydrogen-bond donors (Lipinski definition) is 1. The zero-order valence-electron chi connectivity index (χ0n) is 11.6. The number of nitrogens with zero attached hydrogens (tertiary/aromatic N) is 2. The Balaban J connectivity index is 1.86. The van der Waals surface area contributed by atoms with Crippen LogP contribution in [0.4, 0.5) is 0 Å². The molecule has 0 aromatic heterocycles. The lowest BCUT2D eigenvalue weighted by molar-refractivity contribution is -0.131. The maximum absolute atomic E-state index is 12.1. The summed E-state index contributed by atoms with van der Waals surface area (Å²) in [5.74, 6) is 0.188. The minimum atomic E-state index is 0.188. The fourth-order valence-corrected chi connectivity index (χ4v) is 2.45. The average molecular weight is 261 g/mol. The minimum absolute atomic E-state index is 0.188. The number of benzene rings is 1. The van der Waals surface area contributed by atoms with Gasteiger partial charge in [-0.1, -0.05) is 24.3 Å². The number of nitrogens with two attached hydrogens (primary N) is 1. The molecule has 0 atom stereocenters. The second kappa shape index (κ2) is 6.68. The molecule has 0 radical (unpaired) electrons. The Labute approximate surface area is 115 Å². The van der Waals surface area contributed by atoms with Crippen molar-refractivity contribution >= 4 is 5.91 Å². The molecule has 104 valence electrons. The van der Waals surface area contributed by atoms with Gasteiger partial charge in [-0.05, 0) is 30.5 Å². The molecule has 2 rings (SSSR count). The van der Waals surface area contributed by atoms with Crippen molar-refractivity contribution in [2.75, 3.05) is 33.2 Å². The Hall–Kier alpha value is -1.39. The van der Waals surface area contributed by atoms with Crippen LogP contribution in [-0.4, -0.2) is 48.9 Å². The molecule has 0 saturated carbocycles. The lowest BCUT2D eigenvalue weighted by atomic mass is 10.00. The molecule has 0 bridgehead atoms. The van der Waals surface area contributed by atoms with Crippen LogP contribution >= 0.6 is 0 Å². The lowest BCUT2D eigenvalue weighted by Gasteiger charge is -2.29. The molecule has 0 fully saturated rings. The number of amides is 1. The van der Waals surface area contributed by atoms with E-state index in [2.05, 4.69) is 29.2 Å². The van der Waals surface area contributed by atoms with Crippen molar-refractivity contribution in [3.05, 3.63) is 35.4 Å². The van der Waals surface area contributed by atoms with Crippen LogP contribution in [0, 0.1) is 0 Å². The minimum Gasteiger partial charge on any atom is -0.345 e. The van der Waals surface area contributed by atoms with E-state index < -0.39 is 0 Å². The molecule has 1 aliphatic heterocycles. The molecule has 4 nitrogen and oxygen atoms in total. The highest BCUT2D eigenvalue weighted by molar-refractivity contribution is 5.78. The molecule has 0 aliphatic carbocycles. The summed E-state index contributed by atoms with van der Waals surface area (Å²) in [6.45, 7) is 3.74. The quantitative estimate of drug-likeness (QED) is 0.855. The van der Waals surface area contributed by atoms with Crippen LogP contribution in [-0.2, 0) is 17.8 Å². The van der Waals surface area contributed by atoms with Gasteiger partial charge >= 0.3 is 0 Å². The number of likely N-dealkylation sites (N-methyl/N-ethyl adjacent to an activating group) is 1. The van der Waals surface area contributed by atoms with Crippen molar-refractivity contribution in [2.24, 2.45) is 5.73 Å². The largest absolute Gasteiger partial charge is 0.345 e. The number of fused-ring (bicyclic) bond motifs is 1. The van der Waals surface area contributed by atoms with Gasteiger partial charge in [-0.2, -0.15) is 0 Å². The SMILES string of the molecule is CN(CCCN)C(=O)CN1CCc2ccccc2C1. The summed E-state index contributed by atoms with van der Waals surface area (Å²) in [6.07, 6.45) is 1.90. The van der Waals surface area contributed by atoms with Gasteiger partial charge in [0.2, 0.25) is 5.91 Å². The molecular formula is C15H23N3O. The summed E-state index contributed by atoms with van der Waals surface area (Å²) in [5, 5.41) is 0. The Morgan fingerprint density at radius 2 is 2.11 bits per heavy atom. The highest BCUT2D eigenvalue weighted by Gasteiger charge is 2.19. The number of rotatable bonds is 5. The van der Waals surface area contributed by atoms with E-state index in [0.717, 1.165) is 32.5 Å². The first-order valence-electron chi connectivity index (χ1n) is 6.94. The maximum atomic E-state index is 12.1. The van der Waals surface area contributed by atoms with Gasteiger partial charge < -0.3 is 10.6 Å². The van der Waals surface area contributed by atoms with E-state index in [9.17, 15) is 4.79 Å². The molecule has 19 heavy (non-hydrogen) atoms. The normalized spacial score (nSPS) is 15.1. The number of hydrogen-bond acceptors (Lipinski definition) is 3. The Morgan fingerprint density at radius 3 is 2.84 bits per heavy atom. The molecule has 1 aromatic carbocycles. The fourth-order valence-electron chi connectivity index (χ4n) is 2.45. The molecule has 2 N–H and O–H groups in total.